The summed E-state index contributed by atoms with van der Waals surface area (Å²) in [5.74, 6) is -1.65. The molecule has 1 heterocycles. The maximum absolute atomic E-state index is 13.3. The van der Waals surface area contributed by atoms with Crippen LogP contribution in [0.1, 0.15) is 37.0 Å². The molecule has 0 aromatic heterocycles. The summed E-state index contributed by atoms with van der Waals surface area (Å²) in [4.78, 5) is 50.9. The van der Waals surface area contributed by atoms with E-state index in [1.807, 2.05) is 18.2 Å². The van der Waals surface area contributed by atoms with Crippen molar-refractivity contribution in [2.45, 2.75) is 32.7 Å². The molecule has 2 atom stereocenters. The van der Waals surface area contributed by atoms with Crippen molar-refractivity contribution in [1.29, 1.82) is 0 Å². The Hall–Kier alpha value is -3.46. The number of anilines is 1. The Balaban J connectivity index is 1.69. The topological polar surface area (TPSA) is 122 Å². The zero-order valence-corrected chi connectivity index (χ0v) is 19.7. The fraction of sp³-hybridized carbons (Fsp3) is 0.375. The third-order valence-electron chi connectivity index (χ3n) is 5.77. The van der Waals surface area contributed by atoms with E-state index in [2.05, 4.69) is 10.6 Å². The minimum atomic E-state index is -0.849. The zero-order valence-electron chi connectivity index (χ0n) is 19.0. The molecule has 1 fully saturated rings. The Morgan fingerprint density at radius 3 is 2.50 bits per heavy atom. The van der Waals surface area contributed by atoms with Gasteiger partial charge in [0.15, 0.2) is 0 Å². The van der Waals surface area contributed by atoms with Gasteiger partial charge in [-0.05, 0) is 43.0 Å². The van der Waals surface area contributed by atoms with Crippen molar-refractivity contribution < 1.29 is 19.3 Å². The molecule has 1 aliphatic heterocycles. The first-order valence-electron chi connectivity index (χ1n) is 11.1. The van der Waals surface area contributed by atoms with Gasteiger partial charge in [0, 0.05) is 30.4 Å². The van der Waals surface area contributed by atoms with Crippen molar-refractivity contribution in [3.63, 3.8) is 0 Å². The number of piperidine rings is 1. The quantitative estimate of drug-likeness (QED) is 0.454. The number of nitro benzene ring substituents is 1. The molecule has 9 nitrogen and oxygen atoms in total. The van der Waals surface area contributed by atoms with Crippen molar-refractivity contribution in [2.75, 3.05) is 18.4 Å². The van der Waals surface area contributed by atoms with Gasteiger partial charge < -0.3 is 15.5 Å². The lowest BCUT2D eigenvalue weighted by atomic mass is 9.94. The molecular formula is C24H27ClN4O5. The number of hydrogen-bond acceptors (Lipinski definition) is 5. The Bertz CT molecular complexity index is 1080. The van der Waals surface area contributed by atoms with Crippen LogP contribution in [0.25, 0.3) is 0 Å². The lowest BCUT2D eigenvalue weighted by Gasteiger charge is -2.35. The number of halogens is 1. The van der Waals surface area contributed by atoms with Crippen LogP contribution >= 0.6 is 11.6 Å². The van der Waals surface area contributed by atoms with Gasteiger partial charge in [-0.15, -0.1) is 0 Å². The number of nitrogens with zero attached hydrogens (tertiary/aromatic N) is 2. The number of rotatable bonds is 7. The predicted octanol–water partition coefficient (Wildman–Crippen LogP) is 3.88. The van der Waals surface area contributed by atoms with Gasteiger partial charge >= 0.3 is 0 Å². The highest BCUT2D eigenvalue weighted by atomic mass is 35.5. The van der Waals surface area contributed by atoms with Crippen molar-refractivity contribution >= 4 is 40.7 Å². The molecule has 2 N–H and O–H groups in total. The van der Waals surface area contributed by atoms with E-state index in [4.69, 9.17) is 11.6 Å². The maximum Gasteiger partial charge on any atom is 0.288 e. The summed E-state index contributed by atoms with van der Waals surface area (Å²) in [5, 5.41) is 16.6. The van der Waals surface area contributed by atoms with E-state index in [1.165, 1.54) is 12.1 Å². The lowest BCUT2D eigenvalue weighted by Crippen LogP contribution is -2.54. The fourth-order valence-corrected chi connectivity index (χ4v) is 4.07. The average molecular weight is 487 g/mol. The van der Waals surface area contributed by atoms with E-state index in [0.717, 1.165) is 6.07 Å². The second-order valence-electron chi connectivity index (χ2n) is 8.60. The van der Waals surface area contributed by atoms with Crippen molar-refractivity contribution in [1.82, 2.24) is 10.2 Å². The SMILES string of the molecule is CC(C)[C@H](NC(=O)c1ccc(Cl)c([N+](=O)[O-])c1)C(=O)N1CCCC(C(=O)Nc2ccccc2)C1. The van der Waals surface area contributed by atoms with Crippen molar-refractivity contribution in [2.24, 2.45) is 11.8 Å². The van der Waals surface area contributed by atoms with E-state index in [1.54, 1.807) is 30.9 Å². The molecule has 0 spiro atoms. The number of carbonyl (C=O) groups is 3. The predicted molar refractivity (Wildman–Crippen MR) is 129 cm³/mol. The Morgan fingerprint density at radius 1 is 1.15 bits per heavy atom. The number of carbonyl (C=O) groups excluding carboxylic acids is 3. The van der Waals surface area contributed by atoms with Gasteiger partial charge in [0.25, 0.3) is 11.6 Å². The number of hydrogen-bond donors (Lipinski definition) is 2. The largest absolute Gasteiger partial charge is 0.340 e. The monoisotopic (exact) mass is 486 g/mol. The molecule has 0 radical (unpaired) electrons. The van der Waals surface area contributed by atoms with E-state index >= 15 is 0 Å². The minimum Gasteiger partial charge on any atom is -0.340 e. The third kappa shape index (κ3) is 6.11. The lowest BCUT2D eigenvalue weighted by molar-refractivity contribution is -0.384. The third-order valence-corrected chi connectivity index (χ3v) is 6.09. The Kier molecular flexibility index (Phi) is 8.22. The molecule has 180 valence electrons. The normalized spacial score (nSPS) is 16.6. The highest BCUT2D eigenvalue weighted by Gasteiger charge is 2.34. The second-order valence-corrected chi connectivity index (χ2v) is 9.00. The standard InChI is InChI=1S/C24H27ClN4O5/c1-15(2)21(27-22(30)16-10-11-19(25)20(13-16)29(33)34)24(32)28-12-6-7-17(14-28)23(31)26-18-8-4-3-5-9-18/h3-5,8-11,13,15,17,21H,6-7,12,14H2,1-2H3,(H,26,31)(H,27,30)/t17?,21-/m0/s1. The summed E-state index contributed by atoms with van der Waals surface area (Å²) in [5.41, 5.74) is 0.346. The summed E-state index contributed by atoms with van der Waals surface area (Å²) in [6.45, 7) is 4.34. The van der Waals surface area contributed by atoms with E-state index in [0.29, 0.717) is 25.1 Å². The molecule has 34 heavy (non-hydrogen) atoms. The number of para-hydroxylation sites is 1. The second kappa shape index (κ2) is 11.1. The molecule has 3 rings (SSSR count). The Labute approximate surface area is 202 Å². The Morgan fingerprint density at radius 2 is 1.85 bits per heavy atom. The van der Waals surface area contributed by atoms with E-state index in [-0.39, 0.29) is 46.5 Å². The number of amides is 3. The van der Waals surface area contributed by atoms with Gasteiger partial charge in [0.05, 0.1) is 10.8 Å². The van der Waals surface area contributed by atoms with Gasteiger partial charge in [-0.25, -0.2) is 0 Å². The zero-order chi connectivity index (χ0) is 24.8. The van der Waals surface area contributed by atoms with Crippen LogP contribution in [0.2, 0.25) is 5.02 Å². The van der Waals surface area contributed by atoms with Crippen LogP contribution in [0.15, 0.2) is 48.5 Å². The summed E-state index contributed by atoms with van der Waals surface area (Å²) < 4.78 is 0. The average Bonchev–Trinajstić information content (AvgIpc) is 2.82. The van der Waals surface area contributed by atoms with Crippen LogP contribution in [0.3, 0.4) is 0 Å². The number of benzene rings is 2. The van der Waals surface area contributed by atoms with Gasteiger partial charge in [-0.2, -0.15) is 0 Å². The number of likely N-dealkylation sites (tertiary alicyclic amines) is 1. The summed E-state index contributed by atoms with van der Waals surface area (Å²) >= 11 is 5.83. The van der Waals surface area contributed by atoms with Gasteiger partial charge in [0.1, 0.15) is 11.1 Å². The smallest absolute Gasteiger partial charge is 0.288 e. The first-order chi connectivity index (χ1) is 16.2. The molecule has 2 aromatic rings. The molecule has 2 aromatic carbocycles. The fourth-order valence-electron chi connectivity index (χ4n) is 3.89. The molecule has 1 unspecified atom stereocenters. The summed E-state index contributed by atoms with van der Waals surface area (Å²) in [7, 11) is 0. The first-order valence-corrected chi connectivity index (χ1v) is 11.4. The molecule has 1 saturated heterocycles. The van der Waals surface area contributed by atoms with Crippen molar-refractivity contribution in [3.8, 4) is 0 Å². The number of nitro groups is 1. The van der Waals surface area contributed by atoms with Crippen LogP contribution in [0, 0.1) is 22.0 Å². The summed E-state index contributed by atoms with van der Waals surface area (Å²) in [6.07, 6.45) is 1.33. The van der Waals surface area contributed by atoms with Gasteiger partial charge in [-0.3, -0.25) is 24.5 Å². The van der Waals surface area contributed by atoms with Crippen LogP contribution in [-0.4, -0.2) is 46.7 Å². The van der Waals surface area contributed by atoms with Crippen LogP contribution < -0.4 is 10.6 Å². The van der Waals surface area contributed by atoms with E-state index < -0.39 is 16.9 Å². The van der Waals surface area contributed by atoms with Gasteiger partial charge in [-0.1, -0.05) is 43.6 Å². The number of nitrogens with one attached hydrogen (secondary N) is 2. The first kappa shape index (κ1) is 25.2. The van der Waals surface area contributed by atoms with Crippen molar-refractivity contribution in [3.05, 3.63) is 69.2 Å². The minimum absolute atomic E-state index is 0.0355. The van der Waals surface area contributed by atoms with Crippen LogP contribution in [0.4, 0.5) is 11.4 Å². The molecule has 3 amide bonds. The molecule has 0 bridgehead atoms. The van der Waals surface area contributed by atoms with Crippen LogP contribution in [0.5, 0.6) is 0 Å². The van der Waals surface area contributed by atoms with E-state index in [9.17, 15) is 24.5 Å². The van der Waals surface area contributed by atoms with Crippen LogP contribution in [-0.2, 0) is 9.59 Å². The molecule has 0 saturated carbocycles. The highest BCUT2D eigenvalue weighted by molar-refractivity contribution is 6.32. The highest BCUT2D eigenvalue weighted by Crippen LogP contribution is 2.25. The summed E-state index contributed by atoms with van der Waals surface area (Å²) in [6, 6.07) is 12.0. The van der Waals surface area contributed by atoms with Gasteiger partial charge in [0.2, 0.25) is 11.8 Å². The molecule has 0 aliphatic carbocycles. The molecule has 1 aliphatic rings. The maximum atomic E-state index is 13.3. The molecule has 10 heteroatoms. The molecular weight excluding hydrogens is 460 g/mol.